The number of aliphatic carboxylic acids is 1. The zero-order valence-corrected chi connectivity index (χ0v) is 9.58. The number of aliphatic hydroxyl groups is 1. The second-order valence-electron chi connectivity index (χ2n) is 4.13. The molecule has 0 bridgehead atoms. The molecule has 0 saturated heterocycles. The van der Waals surface area contributed by atoms with Crippen LogP contribution in [0.15, 0.2) is 0 Å². The number of hydrogen-bond donors (Lipinski definition) is 3. The molecule has 0 heterocycles. The van der Waals surface area contributed by atoms with E-state index in [9.17, 15) is 4.79 Å². The summed E-state index contributed by atoms with van der Waals surface area (Å²) in [6.07, 6.45) is 3.07. The minimum atomic E-state index is -0.723. The number of aliphatic hydroxyl groups excluding tert-OH is 1. The molecule has 0 spiro atoms. The van der Waals surface area contributed by atoms with Crippen LogP contribution in [0, 0.1) is 17.8 Å². The molecule has 15 heavy (non-hydrogen) atoms. The van der Waals surface area contributed by atoms with Crippen LogP contribution < -0.4 is 5.73 Å². The van der Waals surface area contributed by atoms with Crippen LogP contribution in [0.5, 0.6) is 0 Å². The Morgan fingerprint density at radius 1 is 1.40 bits per heavy atom. The molecule has 1 fully saturated rings. The van der Waals surface area contributed by atoms with E-state index in [2.05, 4.69) is 0 Å². The molecule has 1 rings (SSSR count). The highest BCUT2D eigenvalue weighted by Gasteiger charge is 2.33. The molecule has 3 atom stereocenters. The average Bonchev–Trinajstić information content (AvgIpc) is 2.17. The molecule has 0 aliphatic heterocycles. The summed E-state index contributed by atoms with van der Waals surface area (Å²) in [6.45, 7) is 0.708. The van der Waals surface area contributed by atoms with Crippen molar-refractivity contribution in [3.63, 3.8) is 0 Å². The van der Waals surface area contributed by atoms with Crippen LogP contribution in [0.3, 0.4) is 0 Å². The van der Waals surface area contributed by atoms with Gasteiger partial charge in [-0.1, -0.05) is 0 Å². The van der Waals surface area contributed by atoms with E-state index in [1.807, 2.05) is 0 Å². The molecule has 4 N–H and O–H groups in total. The highest BCUT2D eigenvalue weighted by molar-refractivity contribution is 5.85. The van der Waals surface area contributed by atoms with Gasteiger partial charge >= 0.3 is 5.97 Å². The SMILES string of the molecule is Cl.NCC1CC[C@@H](C(=O)O)[C@H](CCO)C1. The van der Waals surface area contributed by atoms with Crippen LogP contribution in [0.25, 0.3) is 0 Å². The number of carboxylic acids is 1. The maximum atomic E-state index is 10.9. The van der Waals surface area contributed by atoms with Gasteiger partial charge in [0, 0.05) is 6.61 Å². The van der Waals surface area contributed by atoms with Crippen molar-refractivity contribution in [3.8, 4) is 0 Å². The molecule has 5 heteroatoms. The Bertz CT molecular complexity index is 201. The number of carbonyl (C=O) groups is 1. The van der Waals surface area contributed by atoms with E-state index < -0.39 is 5.97 Å². The van der Waals surface area contributed by atoms with Gasteiger partial charge in [-0.05, 0) is 44.1 Å². The van der Waals surface area contributed by atoms with Crippen molar-refractivity contribution in [2.24, 2.45) is 23.5 Å². The molecular weight excluding hydrogens is 218 g/mol. The Morgan fingerprint density at radius 3 is 2.53 bits per heavy atom. The Labute approximate surface area is 96.3 Å². The van der Waals surface area contributed by atoms with E-state index in [0.29, 0.717) is 25.3 Å². The monoisotopic (exact) mass is 237 g/mol. The van der Waals surface area contributed by atoms with Crippen LogP contribution in [0.2, 0.25) is 0 Å². The van der Waals surface area contributed by atoms with Gasteiger partial charge in [0.25, 0.3) is 0 Å². The topological polar surface area (TPSA) is 83.6 Å². The molecule has 0 aromatic rings. The summed E-state index contributed by atoms with van der Waals surface area (Å²) in [7, 11) is 0. The van der Waals surface area contributed by atoms with Crippen LogP contribution in [0.1, 0.15) is 25.7 Å². The Kier molecular flexibility index (Phi) is 6.89. The van der Waals surface area contributed by atoms with Crippen LogP contribution in [-0.4, -0.2) is 29.3 Å². The minimum Gasteiger partial charge on any atom is -0.481 e. The molecule has 0 aromatic heterocycles. The Balaban J connectivity index is 0.00000196. The first-order valence-corrected chi connectivity index (χ1v) is 5.22. The molecule has 1 saturated carbocycles. The lowest BCUT2D eigenvalue weighted by molar-refractivity contribution is -0.145. The van der Waals surface area contributed by atoms with Crippen molar-refractivity contribution in [3.05, 3.63) is 0 Å². The van der Waals surface area contributed by atoms with E-state index in [1.165, 1.54) is 0 Å². The average molecular weight is 238 g/mol. The fourth-order valence-corrected chi connectivity index (χ4v) is 2.39. The first-order chi connectivity index (χ1) is 6.69. The van der Waals surface area contributed by atoms with Crippen molar-refractivity contribution >= 4 is 18.4 Å². The molecular formula is C10H20ClNO3. The Morgan fingerprint density at radius 2 is 2.07 bits per heavy atom. The maximum absolute atomic E-state index is 10.9. The number of carboxylic acid groups (broad SMARTS) is 1. The highest BCUT2D eigenvalue weighted by Crippen LogP contribution is 2.35. The summed E-state index contributed by atoms with van der Waals surface area (Å²) in [4.78, 5) is 10.9. The van der Waals surface area contributed by atoms with Crippen LogP contribution >= 0.6 is 12.4 Å². The lowest BCUT2D eigenvalue weighted by atomic mass is 9.73. The Hall–Kier alpha value is -0.320. The molecule has 90 valence electrons. The second-order valence-corrected chi connectivity index (χ2v) is 4.13. The van der Waals surface area contributed by atoms with Crippen LogP contribution in [-0.2, 0) is 4.79 Å². The fourth-order valence-electron chi connectivity index (χ4n) is 2.39. The van der Waals surface area contributed by atoms with E-state index in [4.69, 9.17) is 15.9 Å². The predicted octanol–water partition coefficient (Wildman–Crippen LogP) is 0.866. The van der Waals surface area contributed by atoms with E-state index in [-0.39, 0.29) is 30.8 Å². The number of nitrogens with two attached hydrogens (primary N) is 1. The van der Waals surface area contributed by atoms with Gasteiger partial charge in [-0.15, -0.1) is 12.4 Å². The smallest absolute Gasteiger partial charge is 0.306 e. The van der Waals surface area contributed by atoms with Gasteiger partial charge in [0.1, 0.15) is 0 Å². The predicted molar refractivity (Wildman–Crippen MR) is 60.0 cm³/mol. The normalized spacial score (nSPS) is 30.7. The summed E-state index contributed by atoms with van der Waals surface area (Å²) in [5, 5.41) is 17.8. The maximum Gasteiger partial charge on any atom is 0.306 e. The van der Waals surface area contributed by atoms with Crippen molar-refractivity contribution < 1.29 is 15.0 Å². The molecule has 1 aliphatic rings. The van der Waals surface area contributed by atoms with Gasteiger partial charge in [-0.25, -0.2) is 0 Å². The fraction of sp³-hybridized carbons (Fsp3) is 0.900. The summed E-state index contributed by atoms with van der Waals surface area (Å²) < 4.78 is 0. The molecule has 4 nitrogen and oxygen atoms in total. The van der Waals surface area contributed by atoms with Crippen LogP contribution in [0.4, 0.5) is 0 Å². The van der Waals surface area contributed by atoms with Crippen molar-refractivity contribution in [2.75, 3.05) is 13.2 Å². The second kappa shape index (κ2) is 7.04. The van der Waals surface area contributed by atoms with Crippen molar-refractivity contribution in [1.29, 1.82) is 0 Å². The number of hydrogen-bond acceptors (Lipinski definition) is 3. The molecule has 1 aliphatic carbocycles. The third kappa shape index (κ3) is 3.97. The standard InChI is InChI=1S/C10H19NO3.ClH/c11-6-7-1-2-9(10(13)14)8(5-7)3-4-12;/h7-9,12H,1-6,11H2,(H,13,14);1H/t7?,8-,9-;/m1./s1. The minimum absolute atomic E-state index is 0. The quantitative estimate of drug-likeness (QED) is 0.678. The first kappa shape index (κ1) is 14.7. The highest BCUT2D eigenvalue weighted by atomic mass is 35.5. The van der Waals surface area contributed by atoms with Gasteiger partial charge in [0.05, 0.1) is 5.92 Å². The van der Waals surface area contributed by atoms with E-state index in [1.54, 1.807) is 0 Å². The zero-order chi connectivity index (χ0) is 10.6. The summed E-state index contributed by atoms with van der Waals surface area (Å²) >= 11 is 0. The first-order valence-electron chi connectivity index (χ1n) is 5.22. The molecule has 0 aromatic carbocycles. The van der Waals surface area contributed by atoms with E-state index in [0.717, 1.165) is 12.8 Å². The number of rotatable bonds is 4. The van der Waals surface area contributed by atoms with Gasteiger partial charge in [0.15, 0.2) is 0 Å². The van der Waals surface area contributed by atoms with Crippen molar-refractivity contribution in [1.82, 2.24) is 0 Å². The lowest BCUT2D eigenvalue weighted by Gasteiger charge is -2.33. The largest absolute Gasteiger partial charge is 0.481 e. The van der Waals surface area contributed by atoms with E-state index >= 15 is 0 Å². The summed E-state index contributed by atoms with van der Waals surface area (Å²) in [6, 6.07) is 0. The molecule has 0 amide bonds. The summed E-state index contributed by atoms with van der Waals surface area (Å²) in [5.41, 5.74) is 5.57. The van der Waals surface area contributed by atoms with Gasteiger partial charge < -0.3 is 15.9 Å². The summed E-state index contributed by atoms with van der Waals surface area (Å²) in [5.74, 6) is -0.439. The number of halogens is 1. The third-order valence-corrected chi connectivity index (χ3v) is 3.24. The van der Waals surface area contributed by atoms with Gasteiger partial charge in [0.2, 0.25) is 0 Å². The molecule has 1 unspecified atom stereocenters. The van der Waals surface area contributed by atoms with Gasteiger partial charge in [-0.3, -0.25) is 4.79 Å². The lowest BCUT2D eigenvalue weighted by Crippen LogP contribution is -2.33. The van der Waals surface area contributed by atoms with Crippen molar-refractivity contribution in [2.45, 2.75) is 25.7 Å². The van der Waals surface area contributed by atoms with Gasteiger partial charge in [-0.2, -0.15) is 0 Å². The molecule has 0 radical (unpaired) electrons. The zero-order valence-electron chi connectivity index (χ0n) is 8.76. The third-order valence-electron chi connectivity index (χ3n) is 3.24.